The maximum absolute atomic E-state index is 13.9. The molecule has 1 aromatic heterocycles. The van der Waals surface area contributed by atoms with Crippen LogP contribution in [0.15, 0.2) is 88.5 Å². The Hall–Kier alpha value is -3.65. The Morgan fingerprint density at radius 1 is 1.00 bits per heavy atom. The smallest absolute Gasteiger partial charge is 0.277 e. The first-order chi connectivity index (χ1) is 16.0. The zero-order chi connectivity index (χ0) is 23.2. The highest BCUT2D eigenvalue weighted by Gasteiger charge is 2.26. The van der Waals surface area contributed by atoms with Crippen LogP contribution in [0.2, 0.25) is 0 Å². The summed E-state index contributed by atoms with van der Waals surface area (Å²) in [6, 6.07) is 23.0. The van der Waals surface area contributed by atoms with Gasteiger partial charge in [-0.05, 0) is 55.4 Å². The summed E-state index contributed by atoms with van der Waals surface area (Å²) in [6.07, 6.45) is -0.666. The van der Waals surface area contributed by atoms with Gasteiger partial charge in [-0.2, -0.15) is 0 Å². The quantitative estimate of drug-likeness (QED) is 0.317. The summed E-state index contributed by atoms with van der Waals surface area (Å²) >= 11 is 1.14. The van der Waals surface area contributed by atoms with Crippen LogP contribution in [0, 0.1) is 12.7 Å². The van der Waals surface area contributed by atoms with Crippen molar-refractivity contribution < 1.29 is 18.3 Å². The second kappa shape index (κ2) is 10.3. The fraction of sp³-hybridized carbons (Fsp3) is 0.160. The van der Waals surface area contributed by atoms with Crippen molar-refractivity contribution in [3.05, 3.63) is 102 Å². The number of rotatable bonds is 8. The van der Waals surface area contributed by atoms with Crippen molar-refractivity contribution in [1.29, 1.82) is 0 Å². The summed E-state index contributed by atoms with van der Waals surface area (Å²) in [5.74, 6) is -0.413. The SMILES string of the molecule is Cc1ccc(NC(=O)[C@@H](Sc2nnc([C@@H](C)Oc3ccccc3F)o2)c2ccccc2)cc1. The highest BCUT2D eigenvalue weighted by atomic mass is 32.2. The standard InChI is InChI=1S/C25H22FN3O3S/c1-16-12-14-19(15-13-16)27-23(30)22(18-8-4-3-5-9-18)33-25-29-28-24(32-25)17(2)31-21-11-7-6-10-20(21)26/h3-15,17,22H,1-2H3,(H,27,30)/t17-,22+/m1/s1. The number of amides is 1. The molecule has 1 N–H and O–H groups in total. The Labute approximate surface area is 195 Å². The molecular weight excluding hydrogens is 441 g/mol. The number of para-hydroxylation sites is 1. The summed E-state index contributed by atoms with van der Waals surface area (Å²) in [6.45, 7) is 3.67. The first-order valence-electron chi connectivity index (χ1n) is 10.3. The van der Waals surface area contributed by atoms with Crippen LogP contribution in [0.4, 0.5) is 10.1 Å². The van der Waals surface area contributed by atoms with Gasteiger partial charge in [0.15, 0.2) is 17.7 Å². The largest absolute Gasteiger partial charge is 0.478 e. The number of carbonyl (C=O) groups excluding carboxylic acids is 1. The fourth-order valence-corrected chi connectivity index (χ4v) is 3.94. The number of hydrogen-bond donors (Lipinski definition) is 1. The molecule has 0 unspecified atom stereocenters. The number of ether oxygens (including phenoxy) is 1. The van der Waals surface area contributed by atoms with E-state index in [2.05, 4.69) is 15.5 Å². The zero-order valence-corrected chi connectivity index (χ0v) is 18.9. The van der Waals surface area contributed by atoms with E-state index >= 15 is 0 Å². The van der Waals surface area contributed by atoms with E-state index in [0.717, 1.165) is 22.9 Å². The molecule has 8 heteroatoms. The van der Waals surface area contributed by atoms with Crippen LogP contribution in [0.1, 0.15) is 35.3 Å². The Morgan fingerprint density at radius 2 is 1.70 bits per heavy atom. The second-order valence-corrected chi connectivity index (χ2v) is 8.42. The lowest BCUT2D eigenvalue weighted by Gasteiger charge is -2.15. The number of benzene rings is 3. The lowest BCUT2D eigenvalue weighted by molar-refractivity contribution is -0.115. The summed E-state index contributed by atoms with van der Waals surface area (Å²) in [5, 5.41) is 10.6. The van der Waals surface area contributed by atoms with Crippen LogP contribution in [0.25, 0.3) is 0 Å². The van der Waals surface area contributed by atoms with Gasteiger partial charge in [0.25, 0.3) is 11.1 Å². The van der Waals surface area contributed by atoms with Gasteiger partial charge in [0, 0.05) is 5.69 Å². The van der Waals surface area contributed by atoms with Gasteiger partial charge in [-0.25, -0.2) is 4.39 Å². The van der Waals surface area contributed by atoms with Gasteiger partial charge >= 0.3 is 0 Å². The van der Waals surface area contributed by atoms with Gasteiger partial charge in [-0.3, -0.25) is 4.79 Å². The third-order valence-electron chi connectivity index (χ3n) is 4.79. The molecule has 0 saturated carbocycles. The van der Waals surface area contributed by atoms with E-state index in [1.54, 1.807) is 19.1 Å². The van der Waals surface area contributed by atoms with E-state index in [9.17, 15) is 9.18 Å². The van der Waals surface area contributed by atoms with E-state index in [-0.39, 0.29) is 22.8 Å². The molecule has 4 aromatic rings. The minimum absolute atomic E-state index is 0.0945. The van der Waals surface area contributed by atoms with Gasteiger partial charge in [0.2, 0.25) is 5.91 Å². The maximum atomic E-state index is 13.9. The Balaban J connectivity index is 1.51. The van der Waals surface area contributed by atoms with E-state index in [1.807, 2.05) is 61.5 Å². The molecule has 0 bridgehead atoms. The lowest BCUT2D eigenvalue weighted by Crippen LogP contribution is -2.19. The van der Waals surface area contributed by atoms with Crippen molar-refractivity contribution >= 4 is 23.4 Å². The minimum Gasteiger partial charge on any atom is -0.478 e. The molecule has 0 radical (unpaired) electrons. The highest BCUT2D eigenvalue weighted by Crippen LogP contribution is 2.36. The number of halogens is 1. The first kappa shape index (κ1) is 22.5. The van der Waals surface area contributed by atoms with Crippen molar-refractivity contribution in [2.24, 2.45) is 0 Å². The molecule has 0 fully saturated rings. The molecule has 3 aromatic carbocycles. The molecule has 0 aliphatic rings. The van der Waals surface area contributed by atoms with E-state index in [0.29, 0.717) is 5.69 Å². The summed E-state index contributed by atoms with van der Waals surface area (Å²) in [5.41, 5.74) is 2.60. The number of aryl methyl sites for hydroxylation is 1. The fourth-order valence-electron chi connectivity index (χ4n) is 3.06. The van der Waals surface area contributed by atoms with Crippen molar-refractivity contribution in [2.75, 3.05) is 5.32 Å². The van der Waals surface area contributed by atoms with Gasteiger partial charge in [-0.15, -0.1) is 10.2 Å². The van der Waals surface area contributed by atoms with Gasteiger partial charge in [0.05, 0.1) is 0 Å². The minimum atomic E-state index is -0.666. The molecule has 4 rings (SSSR count). The predicted molar refractivity (Wildman–Crippen MR) is 125 cm³/mol. The lowest BCUT2D eigenvalue weighted by atomic mass is 10.1. The molecule has 2 atom stereocenters. The molecule has 0 saturated heterocycles. The highest BCUT2D eigenvalue weighted by molar-refractivity contribution is 8.00. The normalized spacial score (nSPS) is 12.7. The molecular formula is C25H22FN3O3S. The van der Waals surface area contributed by atoms with E-state index in [4.69, 9.17) is 9.15 Å². The molecule has 0 spiro atoms. The number of thioether (sulfide) groups is 1. The van der Waals surface area contributed by atoms with Crippen molar-refractivity contribution in [1.82, 2.24) is 10.2 Å². The zero-order valence-electron chi connectivity index (χ0n) is 18.1. The summed E-state index contributed by atoms with van der Waals surface area (Å²) < 4.78 is 25.2. The van der Waals surface area contributed by atoms with Gasteiger partial charge in [0.1, 0.15) is 5.25 Å². The average molecular weight is 464 g/mol. The molecule has 0 aliphatic heterocycles. The van der Waals surface area contributed by atoms with Crippen LogP contribution in [-0.2, 0) is 4.79 Å². The molecule has 168 valence electrons. The van der Waals surface area contributed by atoms with Crippen LogP contribution >= 0.6 is 11.8 Å². The van der Waals surface area contributed by atoms with Crippen LogP contribution in [-0.4, -0.2) is 16.1 Å². The number of carbonyl (C=O) groups is 1. The second-order valence-electron chi connectivity index (χ2n) is 7.36. The molecule has 1 amide bonds. The number of anilines is 1. The average Bonchev–Trinajstić information content (AvgIpc) is 3.30. The third-order valence-corrected chi connectivity index (χ3v) is 5.88. The summed E-state index contributed by atoms with van der Waals surface area (Å²) in [4.78, 5) is 13.1. The van der Waals surface area contributed by atoms with Crippen LogP contribution in [0.5, 0.6) is 5.75 Å². The predicted octanol–water partition coefficient (Wildman–Crippen LogP) is 6.13. The Kier molecular flexibility index (Phi) is 7.04. The van der Waals surface area contributed by atoms with Crippen molar-refractivity contribution in [2.45, 2.75) is 30.4 Å². The summed E-state index contributed by atoms with van der Waals surface area (Å²) in [7, 11) is 0. The number of nitrogens with one attached hydrogen (secondary N) is 1. The maximum Gasteiger partial charge on any atom is 0.277 e. The van der Waals surface area contributed by atoms with Gasteiger partial charge < -0.3 is 14.5 Å². The molecule has 6 nitrogen and oxygen atoms in total. The van der Waals surface area contributed by atoms with Crippen molar-refractivity contribution in [3.8, 4) is 5.75 Å². The van der Waals surface area contributed by atoms with E-state index in [1.165, 1.54) is 12.1 Å². The Bertz CT molecular complexity index is 1220. The monoisotopic (exact) mass is 463 g/mol. The van der Waals surface area contributed by atoms with Crippen LogP contribution < -0.4 is 10.1 Å². The third kappa shape index (κ3) is 5.78. The molecule has 33 heavy (non-hydrogen) atoms. The first-order valence-corrected chi connectivity index (χ1v) is 11.2. The number of aromatic nitrogens is 2. The number of nitrogens with zero attached hydrogens (tertiary/aromatic N) is 2. The number of hydrogen-bond acceptors (Lipinski definition) is 6. The van der Waals surface area contributed by atoms with E-state index < -0.39 is 17.2 Å². The molecule has 1 heterocycles. The van der Waals surface area contributed by atoms with Gasteiger partial charge in [-0.1, -0.05) is 60.2 Å². The van der Waals surface area contributed by atoms with Crippen LogP contribution in [0.3, 0.4) is 0 Å². The molecule has 0 aliphatic carbocycles. The topological polar surface area (TPSA) is 77.2 Å². The van der Waals surface area contributed by atoms with Crippen molar-refractivity contribution in [3.63, 3.8) is 0 Å². The Morgan fingerprint density at radius 3 is 2.42 bits per heavy atom.